The van der Waals surface area contributed by atoms with Gasteiger partial charge in [0.05, 0.1) is 12.1 Å². The van der Waals surface area contributed by atoms with Crippen molar-refractivity contribution in [3.05, 3.63) is 0 Å². The predicted octanol–water partition coefficient (Wildman–Crippen LogP) is 3.29. The largest absolute Gasteiger partial charge is 0.388 e. The Morgan fingerprint density at radius 1 is 1.14 bits per heavy atom. The van der Waals surface area contributed by atoms with Crippen LogP contribution in [0.15, 0.2) is 4.99 Å². The molecule has 5 heteroatoms. The normalized spacial score (nSPS) is 31.5. The van der Waals surface area contributed by atoms with Gasteiger partial charge in [-0.3, -0.25) is 4.99 Å². The third-order valence-electron chi connectivity index (χ3n) is 4.93. The summed E-state index contributed by atoms with van der Waals surface area (Å²) in [7, 11) is 0. The smallest absolute Gasteiger partial charge is 0.191 e. The monoisotopic (exact) mass is 423 g/mol. The summed E-state index contributed by atoms with van der Waals surface area (Å²) in [4.78, 5) is 4.66. The van der Waals surface area contributed by atoms with Crippen LogP contribution < -0.4 is 10.6 Å². The Kier molecular flexibility index (Phi) is 8.46. The van der Waals surface area contributed by atoms with Gasteiger partial charge in [-0.2, -0.15) is 0 Å². The van der Waals surface area contributed by atoms with Gasteiger partial charge in [0.2, 0.25) is 0 Å². The topological polar surface area (TPSA) is 56.7 Å². The molecule has 130 valence electrons. The minimum absolute atomic E-state index is 0. The van der Waals surface area contributed by atoms with Crippen LogP contribution in [0.5, 0.6) is 0 Å². The molecule has 2 atom stereocenters. The molecule has 0 aliphatic heterocycles. The van der Waals surface area contributed by atoms with Crippen LogP contribution in [-0.2, 0) is 0 Å². The first-order valence-electron chi connectivity index (χ1n) is 8.78. The van der Waals surface area contributed by atoms with Crippen LogP contribution in [0.1, 0.15) is 65.7 Å². The average Bonchev–Trinajstić information content (AvgIpc) is 2.83. The highest BCUT2D eigenvalue weighted by Crippen LogP contribution is 2.30. The molecule has 0 radical (unpaired) electrons. The molecule has 2 aliphatic rings. The van der Waals surface area contributed by atoms with Gasteiger partial charge in [0.1, 0.15) is 0 Å². The molecule has 0 aromatic heterocycles. The van der Waals surface area contributed by atoms with Crippen molar-refractivity contribution < 1.29 is 5.11 Å². The van der Waals surface area contributed by atoms with E-state index in [4.69, 9.17) is 0 Å². The van der Waals surface area contributed by atoms with Crippen molar-refractivity contribution in [1.29, 1.82) is 0 Å². The summed E-state index contributed by atoms with van der Waals surface area (Å²) in [6, 6.07) is 0.514. The van der Waals surface area contributed by atoms with Gasteiger partial charge in [-0.05, 0) is 50.9 Å². The lowest BCUT2D eigenvalue weighted by Gasteiger charge is -2.33. The van der Waals surface area contributed by atoms with Crippen molar-refractivity contribution in [2.75, 3.05) is 13.1 Å². The van der Waals surface area contributed by atoms with Gasteiger partial charge in [0.15, 0.2) is 5.96 Å². The zero-order valence-electron chi connectivity index (χ0n) is 14.4. The fourth-order valence-corrected chi connectivity index (χ4v) is 4.00. The first kappa shape index (κ1) is 20.0. The molecule has 0 heterocycles. The fourth-order valence-electron chi connectivity index (χ4n) is 4.00. The molecule has 0 aromatic carbocycles. The number of aliphatic imine (C=N–C) groups is 1. The minimum atomic E-state index is -0.560. The van der Waals surface area contributed by atoms with E-state index in [1.54, 1.807) is 0 Å². The van der Waals surface area contributed by atoms with Crippen molar-refractivity contribution in [1.82, 2.24) is 10.6 Å². The summed E-state index contributed by atoms with van der Waals surface area (Å²) >= 11 is 0. The van der Waals surface area contributed by atoms with Gasteiger partial charge in [-0.15, -0.1) is 24.0 Å². The summed E-state index contributed by atoms with van der Waals surface area (Å²) in [6.07, 6.45) is 7.84. The summed E-state index contributed by atoms with van der Waals surface area (Å²) in [6.45, 7) is 8.17. The second kappa shape index (κ2) is 9.30. The second-order valence-corrected chi connectivity index (χ2v) is 7.39. The minimum Gasteiger partial charge on any atom is -0.388 e. The molecule has 0 saturated heterocycles. The van der Waals surface area contributed by atoms with E-state index in [1.807, 2.05) is 0 Å². The maximum Gasteiger partial charge on any atom is 0.191 e. The predicted molar refractivity (Wildman–Crippen MR) is 104 cm³/mol. The summed E-state index contributed by atoms with van der Waals surface area (Å²) in [5.74, 6) is 2.45. The molecule has 2 unspecified atom stereocenters. The average molecular weight is 423 g/mol. The lowest BCUT2D eigenvalue weighted by Crippen LogP contribution is -2.47. The SMILES string of the molecule is CCNC(=NCC1(O)CCCC1)NC1CC(C)CC(C)C1.I. The molecule has 2 saturated carbocycles. The standard InChI is InChI=1S/C17H33N3O.HI/c1-4-18-16(19-12-17(21)7-5-6-8-17)20-15-10-13(2)9-14(3)11-15;/h13-15,21H,4-12H2,1-3H3,(H2,18,19,20);1H. The van der Waals surface area contributed by atoms with Gasteiger partial charge in [0, 0.05) is 12.6 Å². The van der Waals surface area contributed by atoms with Crippen LogP contribution in [0.4, 0.5) is 0 Å². The van der Waals surface area contributed by atoms with Crippen LogP contribution in [0.2, 0.25) is 0 Å². The Labute approximate surface area is 152 Å². The van der Waals surface area contributed by atoms with Crippen LogP contribution in [0.25, 0.3) is 0 Å². The number of halogens is 1. The van der Waals surface area contributed by atoms with E-state index < -0.39 is 5.60 Å². The summed E-state index contributed by atoms with van der Waals surface area (Å²) in [5.41, 5.74) is -0.560. The lowest BCUT2D eigenvalue weighted by atomic mass is 9.80. The number of rotatable bonds is 4. The molecule has 0 aromatic rings. The number of nitrogens with zero attached hydrogens (tertiary/aromatic N) is 1. The van der Waals surface area contributed by atoms with E-state index in [1.165, 1.54) is 19.3 Å². The molecule has 2 rings (SSSR count). The highest BCUT2D eigenvalue weighted by Gasteiger charge is 2.31. The first-order chi connectivity index (χ1) is 10.0. The van der Waals surface area contributed by atoms with E-state index in [2.05, 4.69) is 36.4 Å². The maximum absolute atomic E-state index is 10.4. The number of hydrogen-bond acceptors (Lipinski definition) is 2. The van der Waals surface area contributed by atoms with Gasteiger partial charge in [0.25, 0.3) is 0 Å². The highest BCUT2D eigenvalue weighted by atomic mass is 127. The Morgan fingerprint density at radius 2 is 1.73 bits per heavy atom. The van der Waals surface area contributed by atoms with E-state index in [0.29, 0.717) is 12.6 Å². The highest BCUT2D eigenvalue weighted by molar-refractivity contribution is 14.0. The van der Waals surface area contributed by atoms with Crippen LogP contribution in [0, 0.1) is 11.8 Å². The van der Waals surface area contributed by atoms with Gasteiger partial charge < -0.3 is 15.7 Å². The quantitative estimate of drug-likeness (QED) is 0.370. The molecule has 0 bridgehead atoms. The molecule has 0 amide bonds. The van der Waals surface area contributed by atoms with E-state index >= 15 is 0 Å². The Balaban J connectivity index is 0.00000242. The molecule has 2 fully saturated rings. The Morgan fingerprint density at radius 3 is 2.27 bits per heavy atom. The summed E-state index contributed by atoms with van der Waals surface area (Å²) in [5, 5.41) is 17.4. The second-order valence-electron chi connectivity index (χ2n) is 7.39. The molecular weight excluding hydrogens is 389 g/mol. The third-order valence-corrected chi connectivity index (χ3v) is 4.93. The van der Waals surface area contributed by atoms with E-state index in [9.17, 15) is 5.11 Å². The number of aliphatic hydroxyl groups is 1. The number of hydrogen-bond donors (Lipinski definition) is 3. The number of nitrogens with one attached hydrogen (secondary N) is 2. The Bertz CT molecular complexity index is 346. The third kappa shape index (κ3) is 6.22. The molecule has 0 spiro atoms. The van der Waals surface area contributed by atoms with Gasteiger partial charge in [-0.25, -0.2) is 0 Å². The van der Waals surface area contributed by atoms with E-state index in [0.717, 1.165) is 50.0 Å². The van der Waals surface area contributed by atoms with Gasteiger partial charge >= 0.3 is 0 Å². The van der Waals surface area contributed by atoms with Gasteiger partial charge in [-0.1, -0.05) is 26.7 Å². The molecule has 3 N–H and O–H groups in total. The Hall–Kier alpha value is -0.0400. The van der Waals surface area contributed by atoms with Crippen LogP contribution in [0.3, 0.4) is 0 Å². The first-order valence-corrected chi connectivity index (χ1v) is 8.78. The molecule has 22 heavy (non-hydrogen) atoms. The van der Waals surface area contributed by atoms with Crippen molar-refractivity contribution in [2.45, 2.75) is 77.4 Å². The number of guanidine groups is 1. The summed E-state index contributed by atoms with van der Waals surface area (Å²) < 4.78 is 0. The van der Waals surface area contributed by atoms with Crippen molar-refractivity contribution in [3.8, 4) is 0 Å². The van der Waals surface area contributed by atoms with Crippen LogP contribution in [-0.4, -0.2) is 35.8 Å². The van der Waals surface area contributed by atoms with Crippen molar-refractivity contribution in [3.63, 3.8) is 0 Å². The van der Waals surface area contributed by atoms with Crippen molar-refractivity contribution >= 4 is 29.9 Å². The molecule has 4 nitrogen and oxygen atoms in total. The van der Waals surface area contributed by atoms with Crippen molar-refractivity contribution in [2.24, 2.45) is 16.8 Å². The molecule has 2 aliphatic carbocycles. The van der Waals surface area contributed by atoms with E-state index in [-0.39, 0.29) is 24.0 Å². The fraction of sp³-hybridized carbons (Fsp3) is 0.941. The zero-order valence-corrected chi connectivity index (χ0v) is 16.7. The zero-order chi connectivity index (χ0) is 15.3. The lowest BCUT2D eigenvalue weighted by molar-refractivity contribution is 0.0573. The van der Waals surface area contributed by atoms with Crippen LogP contribution >= 0.6 is 24.0 Å². The molecular formula is C17H34IN3O. The maximum atomic E-state index is 10.4.